The predicted molar refractivity (Wildman–Crippen MR) is 93.0 cm³/mol. The van der Waals surface area contributed by atoms with Crippen molar-refractivity contribution in [2.45, 2.75) is 33.2 Å². The van der Waals surface area contributed by atoms with Crippen LogP contribution in [0.2, 0.25) is 5.02 Å². The molecule has 0 radical (unpaired) electrons. The minimum atomic E-state index is -0.262. The summed E-state index contributed by atoms with van der Waals surface area (Å²) in [4.78, 5) is 1.18. The Balaban J connectivity index is 2.47. The van der Waals surface area contributed by atoms with E-state index in [1.54, 1.807) is 18.3 Å². The van der Waals surface area contributed by atoms with Gasteiger partial charge in [0.2, 0.25) is 0 Å². The Kier molecular flexibility index (Phi) is 5.83. The summed E-state index contributed by atoms with van der Waals surface area (Å²) in [6.45, 7) is 6.84. The zero-order chi connectivity index (χ0) is 15.6. The lowest BCUT2D eigenvalue weighted by atomic mass is 10.0. The van der Waals surface area contributed by atoms with E-state index < -0.39 is 0 Å². The first-order chi connectivity index (χ1) is 9.93. The summed E-state index contributed by atoms with van der Waals surface area (Å²) in [5, 5.41) is 3.98. The summed E-state index contributed by atoms with van der Waals surface area (Å²) in [5.74, 6) is -0.262. The van der Waals surface area contributed by atoms with Crippen molar-refractivity contribution in [3.05, 3.63) is 54.4 Å². The van der Waals surface area contributed by atoms with Crippen LogP contribution in [0.3, 0.4) is 0 Å². The van der Waals surface area contributed by atoms with Crippen molar-refractivity contribution in [2.24, 2.45) is 0 Å². The van der Waals surface area contributed by atoms with Gasteiger partial charge in [-0.05, 0) is 77.6 Å². The Morgan fingerprint density at radius 2 is 2.00 bits per heavy atom. The number of nitrogens with one attached hydrogen (secondary N) is 1. The predicted octanol–water partition coefficient (Wildman–Crippen LogP) is 6.01. The van der Waals surface area contributed by atoms with Gasteiger partial charge in [-0.15, -0.1) is 11.3 Å². The maximum atomic E-state index is 13.6. The highest BCUT2D eigenvalue weighted by Crippen LogP contribution is 2.37. The van der Waals surface area contributed by atoms with Crippen LogP contribution in [0.5, 0.6) is 0 Å². The molecule has 1 heterocycles. The van der Waals surface area contributed by atoms with E-state index in [2.05, 4.69) is 41.2 Å². The molecule has 114 valence electrons. The zero-order valence-electron chi connectivity index (χ0n) is 12.3. The lowest BCUT2D eigenvalue weighted by Gasteiger charge is -2.20. The van der Waals surface area contributed by atoms with E-state index in [0.717, 1.165) is 22.3 Å². The SMILES string of the molecule is CCCNC(c1cc(C)c(Br)s1)c1cc(C)c(F)cc1Cl. The van der Waals surface area contributed by atoms with Crippen LogP contribution in [0.25, 0.3) is 0 Å². The lowest BCUT2D eigenvalue weighted by Crippen LogP contribution is -2.23. The Morgan fingerprint density at radius 1 is 1.29 bits per heavy atom. The van der Waals surface area contributed by atoms with Gasteiger partial charge < -0.3 is 5.32 Å². The monoisotopic (exact) mass is 389 g/mol. The van der Waals surface area contributed by atoms with Gasteiger partial charge in [-0.2, -0.15) is 0 Å². The first-order valence-electron chi connectivity index (χ1n) is 6.88. The molecular weight excluding hydrogens is 373 g/mol. The standard InChI is InChI=1S/C16H18BrClFNS/c1-4-5-20-15(14-7-10(3)16(17)21-14)11-6-9(2)13(19)8-12(11)18/h6-8,15,20H,4-5H2,1-3H3. The van der Waals surface area contributed by atoms with E-state index in [9.17, 15) is 4.39 Å². The largest absolute Gasteiger partial charge is 0.306 e. The number of hydrogen-bond donors (Lipinski definition) is 1. The average Bonchev–Trinajstić information content (AvgIpc) is 2.75. The van der Waals surface area contributed by atoms with Crippen LogP contribution in [-0.2, 0) is 0 Å². The number of thiophene rings is 1. The second-order valence-corrected chi connectivity index (χ2v) is 7.92. The maximum Gasteiger partial charge on any atom is 0.127 e. The first kappa shape index (κ1) is 16.9. The molecule has 1 aromatic carbocycles. The molecule has 0 aliphatic rings. The highest BCUT2D eigenvalue weighted by molar-refractivity contribution is 9.11. The molecule has 1 N–H and O–H groups in total. The van der Waals surface area contributed by atoms with Crippen LogP contribution in [0.4, 0.5) is 4.39 Å². The van der Waals surface area contributed by atoms with Gasteiger partial charge in [-0.3, -0.25) is 0 Å². The summed E-state index contributed by atoms with van der Waals surface area (Å²) in [6, 6.07) is 5.39. The van der Waals surface area contributed by atoms with Gasteiger partial charge in [0.15, 0.2) is 0 Å². The highest BCUT2D eigenvalue weighted by atomic mass is 79.9. The van der Waals surface area contributed by atoms with E-state index in [-0.39, 0.29) is 11.9 Å². The summed E-state index contributed by atoms with van der Waals surface area (Å²) in [7, 11) is 0. The van der Waals surface area contributed by atoms with Crippen LogP contribution in [0.15, 0.2) is 22.0 Å². The molecule has 2 aromatic rings. The smallest absolute Gasteiger partial charge is 0.127 e. The van der Waals surface area contributed by atoms with Gasteiger partial charge in [0, 0.05) is 9.90 Å². The fourth-order valence-electron chi connectivity index (χ4n) is 2.18. The molecule has 21 heavy (non-hydrogen) atoms. The number of benzene rings is 1. The summed E-state index contributed by atoms with van der Waals surface area (Å²) in [5.41, 5.74) is 2.75. The maximum absolute atomic E-state index is 13.6. The van der Waals surface area contributed by atoms with E-state index in [4.69, 9.17) is 11.6 Å². The third kappa shape index (κ3) is 3.86. The van der Waals surface area contributed by atoms with Crippen LogP contribution < -0.4 is 5.32 Å². The first-order valence-corrected chi connectivity index (χ1v) is 8.87. The molecule has 0 spiro atoms. The van der Waals surface area contributed by atoms with Crippen LogP contribution >= 0.6 is 38.9 Å². The quantitative estimate of drug-likeness (QED) is 0.659. The van der Waals surface area contributed by atoms with Gasteiger partial charge in [0.05, 0.1) is 9.83 Å². The molecule has 2 rings (SSSR count). The van der Waals surface area contributed by atoms with Crippen LogP contribution in [0.1, 0.15) is 41.0 Å². The van der Waals surface area contributed by atoms with Gasteiger partial charge in [0.1, 0.15) is 5.82 Å². The van der Waals surface area contributed by atoms with Gasteiger partial charge >= 0.3 is 0 Å². The van der Waals surface area contributed by atoms with Crippen molar-refractivity contribution >= 4 is 38.9 Å². The van der Waals surface area contributed by atoms with Crippen molar-refractivity contribution in [1.29, 1.82) is 0 Å². The summed E-state index contributed by atoms with van der Waals surface area (Å²) in [6.07, 6.45) is 1.03. The summed E-state index contributed by atoms with van der Waals surface area (Å²) >= 11 is 11.5. The van der Waals surface area contributed by atoms with E-state index in [0.29, 0.717) is 10.6 Å². The van der Waals surface area contributed by atoms with E-state index in [1.165, 1.54) is 16.5 Å². The number of rotatable bonds is 5. The topological polar surface area (TPSA) is 12.0 Å². The molecule has 0 amide bonds. The van der Waals surface area contributed by atoms with Crippen molar-refractivity contribution < 1.29 is 4.39 Å². The molecule has 0 saturated carbocycles. The van der Waals surface area contributed by atoms with Crippen LogP contribution in [0, 0.1) is 19.7 Å². The molecule has 0 aliphatic heterocycles. The van der Waals surface area contributed by atoms with Crippen LogP contribution in [-0.4, -0.2) is 6.54 Å². The zero-order valence-corrected chi connectivity index (χ0v) is 15.4. The highest BCUT2D eigenvalue weighted by Gasteiger charge is 2.20. The third-order valence-corrected chi connectivity index (χ3v) is 5.88. The molecule has 1 atom stereocenters. The Hall–Kier alpha value is -0.420. The van der Waals surface area contributed by atoms with E-state index >= 15 is 0 Å². The molecule has 1 nitrogen and oxygen atoms in total. The molecule has 1 unspecified atom stereocenters. The minimum absolute atomic E-state index is 0.00764. The van der Waals surface area contributed by atoms with Crippen molar-refractivity contribution in [3.8, 4) is 0 Å². The molecular formula is C16H18BrClFNS. The normalized spacial score (nSPS) is 12.7. The van der Waals surface area contributed by atoms with Crippen molar-refractivity contribution in [2.75, 3.05) is 6.54 Å². The third-order valence-electron chi connectivity index (χ3n) is 3.35. The number of halogens is 3. The Bertz CT molecular complexity index is 622. The second-order valence-electron chi connectivity index (χ2n) is 5.12. The molecule has 0 fully saturated rings. The lowest BCUT2D eigenvalue weighted by molar-refractivity contribution is 0.595. The molecule has 0 bridgehead atoms. The van der Waals surface area contributed by atoms with E-state index in [1.807, 2.05) is 6.07 Å². The summed E-state index contributed by atoms with van der Waals surface area (Å²) < 4.78 is 14.8. The molecule has 5 heteroatoms. The molecule has 0 aliphatic carbocycles. The Morgan fingerprint density at radius 3 is 2.57 bits per heavy atom. The van der Waals surface area contributed by atoms with Crippen molar-refractivity contribution in [3.63, 3.8) is 0 Å². The van der Waals surface area contributed by atoms with Gasteiger partial charge in [-0.1, -0.05) is 18.5 Å². The Labute approximate surface area is 142 Å². The average molecular weight is 391 g/mol. The minimum Gasteiger partial charge on any atom is -0.306 e. The van der Waals surface area contributed by atoms with Gasteiger partial charge in [0.25, 0.3) is 0 Å². The molecule has 0 saturated heterocycles. The second kappa shape index (κ2) is 7.23. The van der Waals surface area contributed by atoms with Gasteiger partial charge in [-0.25, -0.2) is 4.39 Å². The fraction of sp³-hybridized carbons (Fsp3) is 0.375. The number of hydrogen-bond acceptors (Lipinski definition) is 2. The fourth-order valence-corrected chi connectivity index (χ4v) is 4.10. The van der Waals surface area contributed by atoms with Crippen molar-refractivity contribution in [1.82, 2.24) is 5.32 Å². The number of aryl methyl sites for hydroxylation is 2. The molecule has 1 aromatic heterocycles.